The zero-order valence-corrected chi connectivity index (χ0v) is 11.4. The summed E-state index contributed by atoms with van der Waals surface area (Å²) in [5.41, 5.74) is 1.74. The summed E-state index contributed by atoms with van der Waals surface area (Å²) in [6, 6.07) is 0. The van der Waals surface area contributed by atoms with E-state index in [0.29, 0.717) is 0 Å². The predicted octanol–water partition coefficient (Wildman–Crippen LogP) is 2.21. The monoisotopic (exact) mass is 238 g/mol. The van der Waals surface area contributed by atoms with E-state index in [1.54, 1.807) is 6.34 Å². The number of carbonyl (C=O) groups excluding carboxylic acids is 1. The Morgan fingerprint density at radius 2 is 2.12 bits per heavy atom. The second-order valence-electron chi connectivity index (χ2n) is 5.47. The van der Waals surface area contributed by atoms with Crippen LogP contribution in [-0.2, 0) is 9.53 Å². The third-order valence-corrected chi connectivity index (χ3v) is 2.92. The quantitative estimate of drug-likeness (QED) is 0.430. The van der Waals surface area contributed by atoms with Crippen LogP contribution in [0.25, 0.3) is 0 Å². The second kappa shape index (κ2) is 5.34. The first-order valence-corrected chi connectivity index (χ1v) is 5.87. The van der Waals surface area contributed by atoms with E-state index in [0.717, 1.165) is 30.5 Å². The number of rotatable bonds is 3. The van der Waals surface area contributed by atoms with E-state index < -0.39 is 0 Å². The van der Waals surface area contributed by atoms with E-state index in [-0.39, 0.29) is 11.4 Å². The van der Waals surface area contributed by atoms with Gasteiger partial charge in [0.2, 0.25) is 0 Å². The molecule has 0 saturated carbocycles. The summed E-state index contributed by atoms with van der Waals surface area (Å²) < 4.78 is 4.84. The SMILES string of the molecule is COC(=O)C1=C(N=CN(C)C)CCC(C)(C)C1. The number of methoxy groups -OCH3 is 1. The van der Waals surface area contributed by atoms with Crippen LogP contribution in [0.15, 0.2) is 16.3 Å². The highest BCUT2D eigenvalue weighted by Crippen LogP contribution is 2.39. The molecular weight excluding hydrogens is 216 g/mol. The zero-order chi connectivity index (χ0) is 13.1. The van der Waals surface area contributed by atoms with Gasteiger partial charge in [0.25, 0.3) is 0 Å². The summed E-state index contributed by atoms with van der Waals surface area (Å²) in [6.07, 6.45) is 4.35. The van der Waals surface area contributed by atoms with Crippen LogP contribution in [0.1, 0.15) is 33.1 Å². The van der Waals surface area contributed by atoms with Crippen molar-refractivity contribution in [3.05, 3.63) is 11.3 Å². The normalized spacial score (nSPS) is 19.6. The van der Waals surface area contributed by atoms with Gasteiger partial charge in [0.05, 0.1) is 24.7 Å². The first-order chi connectivity index (χ1) is 7.85. The van der Waals surface area contributed by atoms with Crippen LogP contribution >= 0.6 is 0 Å². The topological polar surface area (TPSA) is 41.9 Å². The van der Waals surface area contributed by atoms with Gasteiger partial charge in [0, 0.05) is 14.1 Å². The Hall–Kier alpha value is -1.32. The van der Waals surface area contributed by atoms with Crippen LogP contribution in [0.3, 0.4) is 0 Å². The molecule has 0 bridgehead atoms. The van der Waals surface area contributed by atoms with Gasteiger partial charge in [0.1, 0.15) is 0 Å². The van der Waals surface area contributed by atoms with Crippen molar-refractivity contribution in [2.75, 3.05) is 21.2 Å². The highest BCUT2D eigenvalue weighted by molar-refractivity contribution is 5.89. The maximum atomic E-state index is 11.7. The molecule has 1 rings (SSSR count). The molecule has 0 amide bonds. The van der Waals surface area contributed by atoms with Crippen molar-refractivity contribution in [1.82, 2.24) is 4.90 Å². The van der Waals surface area contributed by atoms with Gasteiger partial charge >= 0.3 is 5.97 Å². The molecule has 0 fully saturated rings. The number of esters is 1. The maximum absolute atomic E-state index is 11.7. The third-order valence-electron chi connectivity index (χ3n) is 2.92. The smallest absolute Gasteiger partial charge is 0.335 e. The minimum Gasteiger partial charge on any atom is -0.466 e. The Labute approximate surface area is 103 Å². The molecule has 0 unspecified atom stereocenters. The van der Waals surface area contributed by atoms with Crippen molar-refractivity contribution in [2.24, 2.45) is 10.4 Å². The summed E-state index contributed by atoms with van der Waals surface area (Å²) in [5, 5.41) is 0. The van der Waals surface area contributed by atoms with Gasteiger partial charge in [-0.15, -0.1) is 0 Å². The minimum absolute atomic E-state index is 0.153. The van der Waals surface area contributed by atoms with Crippen LogP contribution in [0.5, 0.6) is 0 Å². The summed E-state index contributed by atoms with van der Waals surface area (Å²) in [6.45, 7) is 4.34. The summed E-state index contributed by atoms with van der Waals surface area (Å²) in [7, 11) is 5.24. The Morgan fingerprint density at radius 3 is 2.65 bits per heavy atom. The van der Waals surface area contributed by atoms with Crippen molar-refractivity contribution in [3.8, 4) is 0 Å². The van der Waals surface area contributed by atoms with Gasteiger partial charge in [-0.3, -0.25) is 0 Å². The lowest BCUT2D eigenvalue weighted by molar-refractivity contribution is -0.136. The van der Waals surface area contributed by atoms with Crippen LogP contribution in [0.4, 0.5) is 0 Å². The molecule has 0 spiro atoms. The Morgan fingerprint density at radius 1 is 1.47 bits per heavy atom. The molecule has 4 nitrogen and oxygen atoms in total. The fourth-order valence-corrected chi connectivity index (χ4v) is 1.92. The highest BCUT2D eigenvalue weighted by Gasteiger charge is 2.30. The molecule has 0 heterocycles. The average Bonchev–Trinajstić information content (AvgIpc) is 2.25. The fourth-order valence-electron chi connectivity index (χ4n) is 1.92. The van der Waals surface area contributed by atoms with E-state index in [1.807, 2.05) is 19.0 Å². The first-order valence-electron chi connectivity index (χ1n) is 5.87. The Kier molecular flexibility index (Phi) is 4.32. The van der Waals surface area contributed by atoms with E-state index in [1.165, 1.54) is 7.11 Å². The average molecular weight is 238 g/mol. The van der Waals surface area contributed by atoms with Gasteiger partial charge in [-0.05, 0) is 24.7 Å². The van der Waals surface area contributed by atoms with Gasteiger partial charge in [-0.1, -0.05) is 13.8 Å². The summed E-state index contributed by atoms with van der Waals surface area (Å²) in [4.78, 5) is 18.0. The molecule has 17 heavy (non-hydrogen) atoms. The van der Waals surface area contributed by atoms with Crippen molar-refractivity contribution < 1.29 is 9.53 Å². The standard InChI is InChI=1S/C13H22N2O2/c1-13(2)7-6-11(14-9-15(3)4)10(8-13)12(16)17-5/h9H,6-8H2,1-5H3. The number of aliphatic imine (C=N–C) groups is 1. The molecule has 0 N–H and O–H groups in total. The first kappa shape index (κ1) is 13.7. The van der Waals surface area contributed by atoms with E-state index >= 15 is 0 Å². The molecule has 1 aliphatic rings. The van der Waals surface area contributed by atoms with E-state index in [9.17, 15) is 4.79 Å². The predicted molar refractivity (Wildman–Crippen MR) is 68.9 cm³/mol. The van der Waals surface area contributed by atoms with Gasteiger partial charge in [0.15, 0.2) is 0 Å². The number of ether oxygens (including phenoxy) is 1. The number of carbonyl (C=O) groups is 1. The zero-order valence-electron chi connectivity index (χ0n) is 11.4. The lowest BCUT2D eigenvalue weighted by atomic mass is 9.76. The van der Waals surface area contributed by atoms with Crippen LogP contribution in [0, 0.1) is 5.41 Å². The molecule has 0 radical (unpaired) electrons. The van der Waals surface area contributed by atoms with Crippen LogP contribution < -0.4 is 0 Å². The maximum Gasteiger partial charge on any atom is 0.335 e. The fraction of sp³-hybridized carbons (Fsp3) is 0.692. The van der Waals surface area contributed by atoms with Crippen LogP contribution in [0.2, 0.25) is 0 Å². The van der Waals surface area contributed by atoms with Gasteiger partial charge in [-0.2, -0.15) is 0 Å². The van der Waals surface area contributed by atoms with E-state index in [4.69, 9.17) is 4.74 Å². The molecule has 96 valence electrons. The molecule has 0 atom stereocenters. The third kappa shape index (κ3) is 3.88. The molecular formula is C13H22N2O2. The van der Waals surface area contributed by atoms with Crippen molar-refractivity contribution >= 4 is 12.3 Å². The minimum atomic E-state index is -0.247. The lowest BCUT2D eigenvalue weighted by Crippen LogP contribution is -2.23. The van der Waals surface area contributed by atoms with Crippen LogP contribution in [-0.4, -0.2) is 38.4 Å². The summed E-state index contributed by atoms with van der Waals surface area (Å²) >= 11 is 0. The number of hydrogen-bond acceptors (Lipinski definition) is 3. The highest BCUT2D eigenvalue weighted by atomic mass is 16.5. The molecule has 0 aromatic heterocycles. The van der Waals surface area contributed by atoms with Crippen molar-refractivity contribution in [3.63, 3.8) is 0 Å². The molecule has 0 aromatic carbocycles. The number of allylic oxidation sites excluding steroid dienone is 1. The van der Waals surface area contributed by atoms with Crippen molar-refractivity contribution in [2.45, 2.75) is 33.1 Å². The molecule has 4 heteroatoms. The largest absolute Gasteiger partial charge is 0.466 e. The molecule has 0 aromatic rings. The van der Waals surface area contributed by atoms with E-state index in [2.05, 4.69) is 18.8 Å². The Bertz CT molecular complexity index is 354. The molecule has 1 aliphatic carbocycles. The number of nitrogens with zero attached hydrogens (tertiary/aromatic N) is 2. The molecule has 0 saturated heterocycles. The molecule has 0 aliphatic heterocycles. The summed E-state index contributed by atoms with van der Waals surface area (Å²) in [5.74, 6) is -0.247. The lowest BCUT2D eigenvalue weighted by Gasteiger charge is -2.30. The second-order valence-corrected chi connectivity index (χ2v) is 5.47. The van der Waals surface area contributed by atoms with Gasteiger partial charge < -0.3 is 9.64 Å². The number of hydrogen-bond donors (Lipinski definition) is 0. The van der Waals surface area contributed by atoms with Crippen molar-refractivity contribution in [1.29, 1.82) is 0 Å². The van der Waals surface area contributed by atoms with Gasteiger partial charge in [-0.25, -0.2) is 9.79 Å². The Balaban J connectivity index is 3.00.